The first kappa shape index (κ1) is 20.0. The molecule has 2 aliphatic rings. The van der Waals surface area contributed by atoms with Gasteiger partial charge in [-0.3, -0.25) is 9.69 Å². The molecule has 2 aromatic rings. The van der Waals surface area contributed by atoms with Crippen molar-refractivity contribution < 1.29 is 9.53 Å². The number of halogens is 1. The van der Waals surface area contributed by atoms with Crippen molar-refractivity contribution in [1.82, 2.24) is 9.80 Å². The first-order valence-corrected chi connectivity index (χ1v) is 10.7. The molecule has 5 nitrogen and oxygen atoms in total. The molecule has 2 aliphatic heterocycles. The summed E-state index contributed by atoms with van der Waals surface area (Å²) in [6.45, 7) is 5.56. The van der Waals surface area contributed by atoms with E-state index in [1.165, 1.54) is 0 Å². The second kappa shape index (κ2) is 9.06. The van der Waals surface area contributed by atoms with Gasteiger partial charge in [0.1, 0.15) is 5.75 Å². The van der Waals surface area contributed by atoms with Gasteiger partial charge in [-0.15, -0.1) is 0 Å². The van der Waals surface area contributed by atoms with Crippen LogP contribution in [-0.2, 0) is 0 Å². The van der Waals surface area contributed by atoms with E-state index in [2.05, 4.69) is 21.9 Å². The summed E-state index contributed by atoms with van der Waals surface area (Å²) in [5.74, 6) is 1.02. The van der Waals surface area contributed by atoms with Crippen molar-refractivity contribution in [2.45, 2.75) is 18.9 Å². The number of hydrogen-bond acceptors (Lipinski definition) is 4. The number of amides is 1. The molecule has 2 fully saturated rings. The Balaban J connectivity index is 1.37. The van der Waals surface area contributed by atoms with Crippen LogP contribution in [0.4, 0.5) is 5.69 Å². The summed E-state index contributed by atoms with van der Waals surface area (Å²) >= 11 is 6.07. The summed E-state index contributed by atoms with van der Waals surface area (Å²) in [5, 5.41) is 0.608. The predicted octanol–water partition coefficient (Wildman–Crippen LogP) is 3.78. The highest BCUT2D eigenvalue weighted by molar-refractivity contribution is 6.30. The van der Waals surface area contributed by atoms with Crippen LogP contribution in [0, 0.1) is 0 Å². The predicted molar refractivity (Wildman–Crippen MR) is 117 cm³/mol. The molecule has 0 N–H and O–H groups in total. The standard InChI is InChI=1S/C23H28ClN3O2/c1-29-22-10-3-2-9-21(22)26-14-12-25(13-15-26)20-8-5-11-27(17-20)23(28)18-6-4-7-19(24)16-18/h2-4,6-7,9-10,16,20H,5,8,11-15,17H2,1H3. The zero-order valence-electron chi connectivity index (χ0n) is 16.9. The third-order valence-corrected chi connectivity index (χ3v) is 6.25. The van der Waals surface area contributed by atoms with E-state index in [1.807, 2.05) is 29.2 Å². The third-order valence-electron chi connectivity index (χ3n) is 6.01. The van der Waals surface area contributed by atoms with E-state index in [9.17, 15) is 4.79 Å². The van der Waals surface area contributed by atoms with Gasteiger partial charge in [-0.05, 0) is 43.2 Å². The van der Waals surface area contributed by atoms with E-state index >= 15 is 0 Å². The van der Waals surface area contributed by atoms with Gasteiger partial charge >= 0.3 is 0 Å². The van der Waals surface area contributed by atoms with Crippen LogP contribution < -0.4 is 9.64 Å². The maximum Gasteiger partial charge on any atom is 0.253 e. The molecule has 2 heterocycles. The fourth-order valence-corrected chi connectivity index (χ4v) is 4.65. The number of likely N-dealkylation sites (tertiary alicyclic amines) is 1. The molecular formula is C23H28ClN3O2. The smallest absolute Gasteiger partial charge is 0.253 e. The number of carbonyl (C=O) groups is 1. The van der Waals surface area contributed by atoms with Gasteiger partial charge in [-0.2, -0.15) is 0 Å². The Bertz CT molecular complexity index is 852. The Hall–Kier alpha value is -2.24. The molecule has 1 amide bonds. The molecule has 6 heteroatoms. The van der Waals surface area contributed by atoms with Crippen molar-refractivity contribution in [2.75, 3.05) is 51.3 Å². The molecule has 1 atom stereocenters. The Kier molecular flexibility index (Phi) is 6.26. The molecule has 2 aromatic carbocycles. The van der Waals surface area contributed by atoms with Gasteiger partial charge in [-0.1, -0.05) is 29.8 Å². The quantitative estimate of drug-likeness (QED) is 0.764. The van der Waals surface area contributed by atoms with E-state index in [0.717, 1.165) is 63.5 Å². The van der Waals surface area contributed by atoms with Gasteiger partial charge in [0.15, 0.2) is 0 Å². The maximum absolute atomic E-state index is 12.9. The number of benzene rings is 2. The van der Waals surface area contributed by atoms with E-state index in [1.54, 1.807) is 19.2 Å². The fraction of sp³-hybridized carbons (Fsp3) is 0.435. The summed E-state index contributed by atoms with van der Waals surface area (Å²) in [6, 6.07) is 15.9. The lowest BCUT2D eigenvalue weighted by Crippen LogP contribution is -2.55. The number of piperidine rings is 1. The number of methoxy groups -OCH3 is 1. The second-order valence-electron chi connectivity index (χ2n) is 7.75. The summed E-state index contributed by atoms with van der Waals surface area (Å²) < 4.78 is 5.52. The van der Waals surface area contributed by atoms with Gasteiger partial charge in [0, 0.05) is 55.9 Å². The highest BCUT2D eigenvalue weighted by Gasteiger charge is 2.30. The molecule has 1 unspecified atom stereocenters. The van der Waals surface area contributed by atoms with Gasteiger partial charge in [0.2, 0.25) is 0 Å². The number of carbonyl (C=O) groups excluding carboxylic acids is 1. The van der Waals surface area contributed by atoms with E-state index < -0.39 is 0 Å². The highest BCUT2D eigenvalue weighted by atomic mass is 35.5. The molecular weight excluding hydrogens is 386 g/mol. The first-order chi connectivity index (χ1) is 14.2. The van der Waals surface area contributed by atoms with Crippen LogP contribution in [0.1, 0.15) is 23.2 Å². The topological polar surface area (TPSA) is 36.0 Å². The SMILES string of the molecule is COc1ccccc1N1CCN(C2CCCN(C(=O)c3cccc(Cl)c3)C2)CC1. The normalized spacial score (nSPS) is 20.6. The minimum atomic E-state index is 0.0878. The lowest BCUT2D eigenvalue weighted by molar-refractivity contribution is 0.0563. The lowest BCUT2D eigenvalue weighted by Gasteiger charge is -2.44. The van der Waals surface area contributed by atoms with Crippen LogP contribution in [0.15, 0.2) is 48.5 Å². The number of para-hydroxylation sites is 2. The van der Waals surface area contributed by atoms with Crippen LogP contribution in [0.2, 0.25) is 5.02 Å². The molecule has 154 valence electrons. The molecule has 0 radical (unpaired) electrons. The van der Waals surface area contributed by atoms with Gasteiger partial charge < -0.3 is 14.5 Å². The van der Waals surface area contributed by atoms with Crippen LogP contribution in [0.5, 0.6) is 5.75 Å². The Morgan fingerprint density at radius 3 is 2.59 bits per heavy atom. The van der Waals surface area contributed by atoms with Gasteiger partial charge in [0.25, 0.3) is 5.91 Å². The second-order valence-corrected chi connectivity index (χ2v) is 8.19. The minimum Gasteiger partial charge on any atom is -0.495 e. The zero-order valence-corrected chi connectivity index (χ0v) is 17.6. The Morgan fingerprint density at radius 2 is 1.83 bits per heavy atom. The molecule has 2 saturated heterocycles. The van der Waals surface area contributed by atoms with E-state index in [4.69, 9.17) is 16.3 Å². The number of nitrogens with zero attached hydrogens (tertiary/aromatic N) is 3. The van der Waals surface area contributed by atoms with Crippen molar-refractivity contribution in [2.24, 2.45) is 0 Å². The number of rotatable bonds is 4. The number of anilines is 1. The average molecular weight is 414 g/mol. The lowest BCUT2D eigenvalue weighted by atomic mass is 10.0. The number of hydrogen-bond donors (Lipinski definition) is 0. The molecule has 4 rings (SSSR count). The van der Waals surface area contributed by atoms with Crippen molar-refractivity contribution in [3.63, 3.8) is 0 Å². The summed E-state index contributed by atoms with van der Waals surface area (Å²) in [4.78, 5) is 19.8. The molecule has 0 aromatic heterocycles. The summed E-state index contributed by atoms with van der Waals surface area (Å²) in [7, 11) is 1.72. The molecule has 0 bridgehead atoms. The monoisotopic (exact) mass is 413 g/mol. The van der Waals surface area contributed by atoms with Crippen LogP contribution in [0.25, 0.3) is 0 Å². The average Bonchev–Trinajstić information content (AvgIpc) is 2.79. The van der Waals surface area contributed by atoms with Gasteiger partial charge in [-0.25, -0.2) is 0 Å². The van der Waals surface area contributed by atoms with Crippen molar-refractivity contribution in [3.8, 4) is 5.75 Å². The van der Waals surface area contributed by atoms with Crippen molar-refractivity contribution >= 4 is 23.2 Å². The Labute approximate surface area is 177 Å². The largest absolute Gasteiger partial charge is 0.495 e. The first-order valence-electron chi connectivity index (χ1n) is 10.3. The third kappa shape index (κ3) is 4.51. The van der Waals surface area contributed by atoms with E-state index in [0.29, 0.717) is 16.6 Å². The maximum atomic E-state index is 12.9. The van der Waals surface area contributed by atoms with Gasteiger partial charge in [0.05, 0.1) is 12.8 Å². The summed E-state index contributed by atoms with van der Waals surface area (Å²) in [6.07, 6.45) is 2.19. The molecule has 29 heavy (non-hydrogen) atoms. The van der Waals surface area contributed by atoms with Crippen LogP contribution in [0.3, 0.4) is 0 Å². The molecule has 0 saturated carbocycles. The van der Waals surface area contributed by atoms with E-state index in [-0.39, 0.29) is 5.91 Å². The van der Waals surface area contributed by atoms with Crippen LogP contribution in [-0.4, -0.2) is 68.1 Å². The summed E-state index contributed by atoms with van der Waals surface area (Å²) in [5.41, 5.74) is 1.84. The zero-order chi connectivity index (χ0) is 20.2. The van der Waals surface area contributed by atoms with Crippen molar-refractivity contribution in [1.29, 1.82) is 0 Å². The fourth-order valence-electron chi connectivity index (χ4n) is 4.46. The number of piperazine rings is 1. The minimum absolute atomic E-state index is 0.0878. The highest BCUT2D eigenvalue weighted by Crippen LogP contribution is 2.29. The molecule has 0 aliphatic carbocycles. The number of ether oxygens (including phenoxy) is 1. The Morgan fingerprint density at radius 1 is 1.03 bits per heavy atom. The van der Waals surface area contributed by atoms with Crippen LogP contribution >= 0.6 is 11.6 Å². The molecule has 0 spiro atoms. The van der Waals surface area contributed by atoms with Crippen molar-refractivity contribution in [3.05, 3.63) is 59.1 Å².